The number of benzene rings is 2. The van der Waals surface area contributed by atoms with Crippen molar-refractivity contribution in [1.29, 1.82) is 0 Å². The number of fused-ring (bicyclic) bond motifs is 3. The van der Waals surface area contributed by atoms with Crippen molar-refractivity contribution in [3.05, 3.63) is 67.0 Å². The normalized spacial score (nSPS) is 11.1. The first-order chi connectivity index (χ1) is 16.2. The molecule has 33 heavy (non-hydrogen) atoms. The minimum atomic E-state index is -0.159. The molecule has 1 N–H and O–H groups in total. The van der Waals surface area contributed by atoms with Gasteiger partial charge in [0, 0.05) is 18.0 Å². The summed E-state index contributed by atoms with van der Waals surface area (Å²) in [6.45, 7) is 0. The molecule has 5 aromatic rings. The minimum absolute atomic E-state index is 0.159. The lowest BCUT2D eigenvalue weighted by Gasteiger charge is -2.09. The summed E-state index contributed by atoms with van der Waals surface area (Å²) >= 11 is 1.31. The molecule has 2 aromatic carbocycles. The number of nitrogens with one attached hydrogen (secondary N) is 1. The van der Waals surface area contributed by atoms with E-state index < -0.39 is 0 Å². The third-order valence-electron chi connectivity index (χ3n) is 5.09. The number of carbonyl (C=O) groups is 1. The number of anilines is 1. The van der Waals surface area contributed by atoms with Crippen LogP contribution in [0.3, 0.4) is 0 Å². The third kappa shape index (κ3) is 4.08. The number of methoxy groups -OCH3 is 2. The van der Waals surface area contributed by atoms with E-state index >= 15 is 0 Å². The number of hydrogen-bond donors (Lipinski definition) is 1. The summed E-state index contributed by atoms with van der Waals surface area (Å²) in [6, 6.07) is 17.0. The monoisotopic (exact) mass is 460 g/mol. The molecule has 3 heterocycles. The Balaban J connectivity index is 1.36. The Labute approximate surface area is 193 Å². The second-order valence-corrected chi connectivity index (χ2v) is 8.04. The predicted molar refractivity (Wildman–Crippen MR) is 126 cm³/mol. The van der Waals surface area contributed by atoms with Crippen LogP contribution in [0.1, 0.15) is 0 Å². The highest BCUT2D eigenvalue weighted by molar-refractivity contribution is 7.99. The van der Waals surface area contributed by atoms with Gasteiger partial charge in [-0.05, 0) is 42.5 Å². The zero-order chi connectivity index (χ0) is 22.8. The molecule has 5 rings (SSSR count). The van der Waals surface area contributed by atoms with Crippen LogP contribution in [0.25, 0.3) is 22.4 Å². The molecule has 0 radical (unpaired) electrons. The van der Waals surface area contributed by atoms with E-state index in [2.05, 4.69) is 20.6 Å². The fourth-order valence-electron chi connectivity index (χ4n) is 3.46. The van der Waals surface area contributed by atoms with Gasteiger partial charge in [-0.3, -0.25) is 9.20 Å². The van der Waals surface area contributed by atoms with Crippen LogP contribution < -0.4 is 14.8 Å². The van der Waals surface area contributed by atoms with E-state index in [9.17, 15) is 4.79 Å². The Hall–Kier alpha value is -4.05. The molecular weight excluding hydrogens is 440 g/mol. The van der Waals surface area contributed by atoms with Gasteiger partial charge in [-0.25, -0.2) is 4.52 Å². The van der Waals surface area contributed by atoms with Gasteiger partial charge >= 0.3 is 0 Å². The topological polar surface area (TPSA) is 95.0 Å². The Morgan fingerprint density at radius 1 is 1.03 bits per heavy atom. The van der Waals surface area contributed by atoms with E-state index in [1.807, 2.05) is 59.3 Å². The van der Waals surface area contributed by atoms with E-state index in [4.69, 9.17) is 9.47 Å². The predicted octanol–water partition coefficient (Wildman–Crippen LogP) is 3.79. The maximum Gasteiger partial charge on any atom is 0.234 e. The van der Waals surface area contributed by atoms with Crippen LogP contribution in [0.15, 0.2) is 72.1 Å². The molecular formula is C23H20N6O3S. The maximum absolute atomic E-state index is 12.5. The molecule has 0 unspecified atom stereocenters. The lowest BCUT2D eigenvalue weighted by Crippen LogP contribution is -2.14. The fraction of sp³-hybridized carbons (Fsp3) is 0.130. The summed E-state index contributed by atoms with van der Waals surface area (Å²) in [7, 11) is 3.21. The summed E-state index contributed by atoms with van der Waals surface area (Å²) in [4.78, 5) is 12.5. The van der Waals surface area contributed by atoms with Crippen molar-refractivity contribution in [1.82, 2.24) is 24.2 Å². The minimum Gasteiger partial charge on any atom is -0.497 e. The second-order valence-electron chi connectivity index (χ2n) is 7.10. The number of para-hydroxylation sites is 2. The summed E-state index contributed by atoms with van der Waals surface area (Å²) in [6.07, 6.45) is 3.69. The van der Waals surface area contributed by atoms with Crippen LogP contribution in [0.4, 0.5) is 5.69 Å². The van der Waals surface area contributed by atoms with Gasteiger partial charge in [0.25, 0.3) is 0 Å². The highest BCUT2D eigenvalue weighted by Crippen LogP contribution is 2.26. The van der Waals surface area contributed by atoms with Crippen molar-refractivity contribution in [2.24, 2.45) is 0 Å². The number of hydrogen-bond acceptors (Lipinski definition) is 7. The Morgan fingerprint density at radius 2 is 1.85 bits per heavy atom. The molecule has 0 atom stereocenters. The Bertz CT molecular complexity index is 1440. The van der Waals surface area contributed by atoms with Gasteiger partial charge in [0.05, 0.1) is 31.4 Å². The SMILES string of the molecule is COc1ccc(-c2cc3c4nnc(SCC(=O)Nc5ccccc5OC)n4ccn3n2)cc1. The summed E-state index contributed by atoms with van der Waals surface area (Å²) < 4.78 is 14.1. The molecule has 10 heteroatoms. The largest absolute Gasteiger partial charge is 0.497 e. The van der Waals surface area contributed by atoms with Gasteiger partial charge in [-0.15, -0.1) is 10.2 Å². The molecule has 0 saturated heterocycles. The van der Waals surface area contributed by atoms with Crippen LogP contribution in [-0.4, -0.2) is 50.1 Å². The van der Waals surface area contributed by atoms with E-state index in [-0.39, 0.29) is 11.7 Å². The van der Waals surface area contributed by atoms with Gasteiger partial charge in [-0.2, -0.15) is 5.10 Å². The molecule has 166 valence electrons. The highest BCUT2D eigenvalue weighted by Gasteiger charge is 2.15. The van der Waals surface area contributed by atoms with Crippen LogP contribution in [0.2, 0.25) is 0 Å². The molecule has 0 aliphatic carbocycles. The molecule has 0 fully saturated rings. The Kier molecular flexibility index (Phi) is 5.57. The van der Waals surface area contributed by atoms with Crippen molar-refractivity contribution in [2.75, 3.05) is 25.3 Å². The van der Waals surface area contributed by atoms with Crippen molar-refractivity contribution in [3.63, 3.8) is 0 Å². The van der Waals surface area contributed by atoms with Gasteiger partial charge in [0.1, 0.15) is 17.0 Å². The lowest BCUT2D eigenvalue weighted by molar-refractivity contribution is -0.113. The van der Waals surface area contributed by atoms with Gasteiger partial charge in [0.15, 0.2) is 10.8 Å². The van der Waals surface area contributed by atoms with Gasteiger partial charge in [0.2, 0.25) is 5.91 Å². The number of rotatable bonds is 7. The first kappa shape index (κ1) is 20.8. The first-order valence-electron chi connectivity index (χ1n) is 10.1. The third-order valence-corrected chi connectivity index (χ3v) is 6.03. The Morgan fingerprint density at radius 3 is 2.64 bits per heavy atom. The van der Waals surface area contributed by atoms with Crippen LogP contribution in [0.5, 0.6) is 11.5 Å². The molecule has 1 amide bonds. The molecule has 0 aliphatic heterocycles. The summed E-state index contributed by atoms with van der Waals surface area (Å²) in [5.41, 5.74) is 3.90. The van der Waals surface area contributed by atoms with Gasteiger partial charge < -0.3 is 14.8 Å². The van der Waals surface area contributed by atoms with E-state index in [0.29, 0.717) is 22.2 Å². The number of carbonyl (C=O) groups excluding carboxylic acids is 1. The van der Waals surface area contributed by atoms with Crippen molar-refractivity contribution in [3.8, 4) is 22.8 Å². The summed E-state index contributed by atoms with van der Waals surface area (Å²) in [5, 5.41) is 16.7. The number of ether oxygens (including phenoxy) is 2. The van der Waals surface area contributed by atoms with Crippen molar-refractivity contribution < 1.29 is 14.3 Å². The molecule has 0 saturated carbocycles. The number of thioether (sulfide) groups is 1. The fourth-order valence-corrected chi connectivity index (χ4v) is 4.17. The lowest BCUT2D eigenvalue weighted by atomic mass is 10.1. The maximum atomic E-state index is 12.5. The van der Waals surface area contributed by atoms with Crippen LogP contribution in [0, 0.1) is 0 Å². The van der Waals surface area contributed by atoms with E-state index in [0.717, 1.165) is 22.5 Å². The number of amides is 1. The number of aromatic nitrogens is 5. The first-order valence-corrected chi connectivity index (χ1v) is 11.1. The van der Waals surface area contributed by atoms with E-state index in [1.165, 1.54) is 11.8 Å². The van der Waals surface area contributed by atoms with Gasteiger partial charge in [-0.1, -0.05) is 23.9 Å². The second kappa shape index (κ2) is 8.83. The zero-order valence-corrected chi connectivity index (χ0v) is 18.7. The average Bonchev–Trinajstić information content (AvgIpc) is 3.47. The summed E-state index contributed by atoms with van der Waals surface area (Å²) in [5.74, 6) is 1.42. The van der Waals surface area contributed by atoms with Crippen LogP contribution >= 0.6 is 11.8 Å². The van der Waals surface area contributed by atoms with E-state index in [1.54, 1.807) is 30.9 Å². The average molecular weight is 461 g/mol. The highest BCUT2D eigenvalue weighted by atomic mass is 32.2. The van der Waals surface area contributed by atoms with Crippen molar-refractivity contribution in [2.45, 2.75) is 5.16 Å². The molecule has 0 spiro atoms. The standard InChI is InChI=1S/C23H20N6O3S/c1-31-16-9-7-15(8-10-16)18-13-19-22-25-26-23(28(22)11-12-29(19)27-18)33-14-21(30)24-17-5-3-4-6-20(17)32-2/h3-13H,14H2,1-2H3,(H,24,30). The smallest absolute Gasteiger partial charge is 0.234 e. The quantitative estimate of drug-likeness (QED) is 0.369. The molecule has 3 aromatic heterocycles. The van der Waals surface area contributed by atoms with Crippen LogP contribution in [-0.2, 0) is 4.79 Å². The van der Waals surface area contributed by atoms with Crippen molar-refractivity contribution >= 4 is 34.5 Å². The number of nitrogens with zero attached hydrogens (tertiary/aromatic N) is 5. The molecule has 0 bridgehead atoms. The zero-order valence-electron chi connectivity index (χ0n) is 17.9. The molecule has 9 nitrogen and oxygen atoms in total. The molecule has 0 aliphatic rings.